The molecule has 0 aliphatic rings. The van der Waals surface area contributed by atoms with Crippen molar-refractivity contribution in [2.24, 2.45) is 7.05 Å². The lowest BCUT2D eigenvalue weighted by Crippen LogP contribution is -2.41. The average molecular weight is 490 g/mol. The number of hydrogen-bond donors (Lipinski definition) is 0. The summed E-state index contributed by atoms with van der Waals surface area (Å²) < 4.78 is 6.84. The lowest BCUT2D eigenvalue weighted by Gasteiger charge is -2.33. The summed E-state index contributed by atoms with van der Waals surface area (Å²) in [5.41, 5.74) is 2.13. The third-order valence-electron chi connectivity index (χ3n) is 6.25. The summed E-state index contributed by atoms with van der Waals surface area (Å²) in [5, 5.41) is 0.917. The molecule has 0 fully saturated rings. The van der Waals surface area contributed by atoms with Crippen molar-refractivity contribution in [2.75, 3.05) is 20.3 Å². The summed E-state index contributed by atoms with van der Waals surface area (Å²) in [5.74, 6) is -0.0976. The Balaban J connectivity index is 1.81. The van der Waals surface area contributed by atoms with E-state index in [9.17, 15) is 9.59 Å². The van der Waals surface area contributed by atoms with Gasteiger partial charge in [0.15, 0.2) is 0 Å². The summed E-state index contributed by atoms with van der Waals surface area (Å²) in [6.45, 7) is 2.59. The normalized spacial score (nSPS) is 12.1. The molecule has 0 bridgehead atoms. The minimum Gasteiger partial charge on any atom is -0.383 e. The molecule has 0 spiro atoms. The molecule has 4 aromatic rings. The van der Waals surface area contributed by atoms with Crippen LogP contribution in [0.4, 0.5) is 0 Å². The molecule has 4 rings (SSSR count). The van der Waals surface area contributed by atoms with E-state index in [0.717, 1.165) is 11.1 Å². The monoisotopic (exact) mass is 489 g/mol. The zero-order valence-corrected chi connectivity index (χ0v) is 20.8. The Kier molecular flexibility index (Phi) is 7.63. The quantitative estimate of drug-likeness (QED) is 0.351. The Hall–Kier alpha value is -3.48. The number of rotatable bonds is 8. The van der Waals surface area contributed by atoms with Gasteiger partial charge in [0, 0.05) is 25.7 Å². The van der Waals surface area contributed by atoms with Crippen LogP contribution in [-0.2, 0) is 16.6 Å². The number of hydrogen-bond acceptors (Lipinski definition) is 4. The van der Waals surface area contributed by atoms with Crippen LogP contribution in [0.1, 0.15) is 35.8 Å². The van der Waals surface area contributed by atoms with Gasteiger partial charge in [-0.2, -0.15) is 0 Å². The van der Waals surface area contributed by atoms with Crippen LogP contribution in [0.5, 0.6) is 0 Å². The molecule has 0 N–H and O–H groups in total. The number of aromatic nitrogens is 2. The van der Waals surface area contributed by atoms with Crippen molar-refractivity contribution in [3.63, 3.8) is 0 Å². The number of halogens is 1. The summed E-state index contributed by atoms with van der Waals surface area (Å²) in [6.07, 6.45) is 0. The first-order valence-corrected chi connectivity index (χ1v) is 11.9. The van der Waals surface area contributed by atoms with E-state index < -0.39 is 12.0 Å². The molecule has 0 saturated heterocycles. The average Bonchev–Trinajstić information content (AvgIpc) is 2.88. The summed E-state index contributed by atoms with van der Waals surface area (Å²) in [6, 6.07) is 24.0. The van der Waals surface area contributed by atoms with E-state index in [1.807, 2.05) is 67.6 Å². The van der Waals surface area contributed by atoms with Crippen LogP contribution in [0.25, 0.3) is 10.9 Å². The molecule has 1 aromatic heterocycles. The van der Waals surface area contributed by atoms with Gasteiger partial charge >= 0.3 is 0 Å². The van der Waals surface area contributed by atoms with Crippen molar-refractivity contribution in [2.45, 2.75) is 18.9 Å². The molecule has 35 heavy (non-hydrogen) atoms. The largest absolute Gasteiger partial charge is 0.383 e. The van der Waals surface area contributed by atoms with E-state index in [2.05, 4.69) is 0 Å². The van der Waals surface area contributed by atoms with E-state index in [0.29, 0.717) is 34.9 Å². The molecule has 0 radical (unpaired) electrons. The molecule has 180 valence electrons. The van der Waals surface area contributed by atoms with Crippen LogP contribution in [0.2, 0.25) is 5.02 Å². The SMILES string of the molecule is COCCN(C(=O)C(c1ccccc1)c1ccccc1)C(C)c1nc2ccc(Cl)cc2c(=O)n1C. The van der Waals surface area contributed by atoms with Gasteiger partial charge in [-0.1, -0.05) is 72.3 Å². The first-order valence-electron chi connectivity index (χ1n) is 11.5. The number of methoxy groups -OCH3 is 1. The molecule has 1 unspecified atom stereocenters. The van der Waals surface area contributed by atoms with Crippen LogP contribution >= 0.6 is 11.6 Å². The number of benzene rings is 3. The summed E-state index contributed by atoms with van der Waals surface area (Å²) >= 11 is 6.10. The molecule has 0 aliphatic heterocycles. The van der Waals surface area contributed by atoms with Crippen LogP contribution in [0.15, 0.2) is 83.7 Å². The molecule has 0 aliphatic carbocycles. The number of carbonyl (C=O) groups excluding carboxylic acids is 1. The fourth-order valence-corrected chi connectivity index (χ4v) is 4.56. The first kappa shape index (κ1) is 24.6. The maximum absolute atomic E-state index is 14.2. The highest BCUT2D eigenvalue weighted by Gasteiger charge is 2.32. The zero-order valence-electron chi connectivity index (χ0n) is 20.0. The second kappa shape index (κ2) is 10.8. The number of carbonyl (C=O) groups is 1. The van der Waals surface area contributed by atoms with Gasteiger partial charge in [0.1, 0.15) is 5.82 Å². The van der Waals surface area contributed by atoms with E-state index in [1.54, 1.807) is 37.3 Å². The Morgan fingerprint density at radius 2 is 1.63 bits per heavy atom. The number of nitrogens with zero attached hydrogens (tertiary/aromatic N) is 3. The molecule has 6 nitrogen and oxygen atoms in total. The lowest BCUT2D eigenvalue weighted by molar-refractivity contribution is -0.135. The maximum atomic E-state index is 14.2. The maximum Gasteiger partial charge on any atom is 0.261 e. The molecular weight excluding hydrogens is 462 g/mol. The highest BCUT2D eigenvalue weighted by Crippen LogP contribution is 2.30. The minimum atomic E-state index is -0.506. The highest BCUT2D eigenvalue weighted by atomic mass is 35.5. The van der Waals surface area contributed by atoms with Crippen LogP contribution < -0.4 is 5.56 Å². The lowest BCUT2D eigenvalue weighted by atomic mass is 9.89. The summed E-state index contributed by atoms with van der Waals surface area (Å²) in [4.78, 5) is 33.8. The first-order chi connectivity index (χ1) is 16.9. The Morgan fingerprint density at radius 1 is 1.03 bits per heavy atom. The predicted octanol–water partition coefficient (Wildman–Crippen LogP) is 4.96. The molecular formula is C28H28ClN3O3. The Morgan fingerprint density at radius 3 is 2.20 bits per heavy atom. The standard InChI is InChI=1S/C28H28ClN3O3/c1-19(26-30-24-15-14-22(29)18-23(24)27(33)31(26)2)32(16-17-35-3)28(34)25(20-10-6-4-7-11-20)21-12-8-5-9-13-21/h4-15,18-19,25H,16-17H2,1-3H3. The smallest absolute Gasteiger partial charge is 0.261 e. The van der Waals surface area contributed by atoms with Gasteiger partial charge in [0.05, 0.1) is 29.5 Å². The fourth-order valence-electron chi connectivity index (χ4n) is 4.39. The molecule has 7 heteroatoms. The summed E-state index contributed by atoms with van der Waals surface area (Å²) in [7, 11) is 3.28. The predicted molar refractivity (Wildman–Crippen MR) is 139 cm³/mol. The van der Waals surface area contributed by atoms with Crippen LogP contribution in [0, 0.1) is 0 Å². The molecule has 3 aromatic carbocycles. The van der Waals surface area contributed by atoms with Gasteiger partial charge in [-0.05, 0) is 36.2 Å². The van der Waals surface area contributed by atoms with Crippen molar-refractivity contribution in [3.8, 4) is 0 Å². The fraction of sp³-hybridized carbons (Fsp3) is 0.250. The molecule has 0 saturated carbocycles. The van der Waals surface area contributed by atoms with E-state index in [1.165, 1.54) is 4.57 Å². The minimum absolute atomic E-state index is 0.0857. The third-order valence-corrected chi connectivity index (χ3v) is 6.48. The van der Waals surface area contributed by atoms with Crippen molar-refractivity contribution in [1.82, 2.24) is 14.5 Å². The second-order valence-electron chi connectivity index (χ2n) is 8.45. The van der Waals surface area contributed by atoms with E-state index >= 15 is 0 Å². The van der Waals surface area contributed by atoms with Gasteiger partial charge in [-0.15, -0.1) is 0 Å². The topological polar surface area (TPSA) is 64.4 Å². The van der Waals surface area contributed by atoms with E-state index in [-0.39, 0.29) is 11.5 Å². The number of ether oxygens (including phenoxy) is 1. The number of amides is 1. The highest BCUT2D eigenvalue weighted by molar-refractivity contribution is 6.31. The van der Waals surface area contributed by atoms with Crippen molar-refractivity contribution in [1.29, 1.82) is 0 Å². The van der Waals surface area contributed by atoms with Crippen molar-refractivity contribution < 1.29 is 9.53 Å². The third kappa shape index (κ3) is 5.14. The van der Waals surface area contributed by atoms with Gasteiger partial charge in [-0.25, -0.2) is 4.98 Å². The van der Waals surface area contributed by atoms with Gasteiger partial charge < -0.3 is 9.64 Å². The van der Waals surface area contributed by atoms with Gasteiger partial charge in [-0.3, -0.25) is 14.2 Å². The molecule has 1 heterocycles. The Bertz CT molecular complexity index is 1330. The van der Waals surface area contributed by atoms with Crippen molar-refractivity contribution in [3.05, 3.63) is 111 Å². The van der Waals surface area contributed by atoms with Crippen LogP contribution in [-0.4, -0.2) is 40.6 Å². The van der Waals surface area contributed by atoms with E-state index in [4.69, 9.17) is 21.3 Å². The van der Waals surface area contributed by atoms with Crippen molar-refractivity contribution >= 4 is 28.4 Å². The van der Waals surface area contributed by atoms with Gasteiger partial charge in [0.25, 0.3) is 5.56 Å². The second-order valence-corrected chi connectivity index (χ2v) is 8.89. The number of fused-ring (bicyclic) bond motifs is 1. The Labute approximate surface area is 209 Å². The molecule has 1 amide bonds. The van der Waals surface area contributed by atoms with Crippen LogP contribution in [0.3, 0.4) is 0 Å². The zero-order chi connectivity index (χ0) is 24.9. The molecule has 1 atom stereocenters. The van der Waals surface area contributed by atoms with Gasteiger partial charge in [0.2, 0.25) is 5.91 Å².